The van der Waals surface area contributed by atoms with Gasteiger partial charge >= 0.3 is 0 Å². The molecule has 4 nitrogen and oxygen atoms in total. The average Bonchev–Trinajstić information content (AvgIpc) is 3.51. The highest BCUT2D eigenvalue weighted by Crippen LogP contribution is 2.42. The molecule has 5 aromatic rings. The zero-order valence-electron chi connectivity index (χ0n) is 22.0. The predicted octanol–water partition coefficient (Wildman–Crippen LogP) is 8.40. The maximum Gasteiger partial charge on any atom is 0.100 e. The third kappa shape index (κ3) is 4.39. The van der Waals surface area contributed by atoms with E-state index in [0.717, 1.165) is 56.2 Å². The first-order chi connectivity index (χ1) is 17.1. The topological polar surface area (TPSA) is 57.4 Å². The molecule has 0 atom stereocenters. The lowest BCUT2D eigenvalue weighted by Gasteiger charge is -2.19. The second-order valence-electron chi connectivity index (χ2n) is 11.5. The Morgan fingerprint density at radius 3 is 1.19 bits per heavy atom. The van der Waals surface area contributed by atoms with E-state index < -0.39 is 0 Å². The number of nitrogens with one attached hydrogen (secondary N) is 2. The van der Waals surface area contributed by atoms with Crippen molar-refractivity contribution in [3.05, 3.63) is 96.3 Å². The van der Waals surface area contributed by atoms with Crippen LogP contribution in [0.1, 0.15) is 52.9 Å². The van der Waals surface area contributed by atoms with E-state index >= 15 is 0 Å². The van der Waals surface area contributed by atoms with Gasteiger partial charge in [0.1, 0.15) is 11.4 Å². The summed E-state index contributed by atoms with van der Waals surface area (Å²) in [4.78, 5) is 0. The number of aromatic nitrogens is 4. The van der Waals surface area contributed by atoms with Crippen LogP contribution in [0.3, 0.4) is 0 Å². The van der Waals surface area contributed by atoms with Gasteiger partial charge in [-0.15, -0.1) is 0 Å². The maximum absolute atomic E-state index is 4.84. The lowest BCUT2D eigenvalue weighted by molar-refractivity contribution is 0.568. The minimum Gasteiger partial charge on any atom is -0.281 e. The molecule has 2 heterocycles. The maximum atomic E-state index is 4.84. The molecule has 0 unspecified atom stereocenters. The molecular formula is C32H34N4. The zero-order valence-corrected chi connectivity index (χ0v) is 22.0. The standard InChI is InChI=1S/C32H34N4/c1-31(2,3)29-25(21-14-9-7-10-15-21)27(33-35-29)23-18-13-19-24(20-23)28-26(22-16-11-8-12-17-22)30(36-34-28)32(4,5)6/h7-20H,1-6H3,(H,33,35)(H,34,36). The SMILES string of the molecule is CC(C)(C)c1[nH]nc(-c2cccc(-c3n[nH]c(C(C)(C)C)c3-c3ccccc3)c2)c1-c1ccccc1. The molecule has 182 valence electrons. The molecule has 0 amide bonds. The highest BCUT2D eigenvalue weighted by Gasteiger charge is 2.27. The van der Waals surface area contributed by atoms with Crippen LogP contribution < -0.4 is 0 Å². The predicted molar refractivity (Wildman–Crippen MR) is 150 cm³/mol. The molecule has 36 heavy (non-hydrogen) atoms. The van der Waals surface area contributed by atoms with Gasteiger partial charge in [0.05, 0.1) is 0 Å². The van der Waals surface area contributed by atoms with E-state index in [9.17, 15) is 0 Å². The normalized spacial score (nSPS) is 12.2. The molecule has 0 saturated carbocycles. The van der Waals surface area contributed by atoms with E-state index in [1.54, 1.807) is 0 Å². The van der Waals surface area contributed by atoms with E-state index in [2.05, 4.69) is 137 Å². The summed E-state index contributed by atoms with van der Waals surface area (Å²) in [7, 11) is 0. The third-order valence-corrected chi connectivity index (χ3v) is 6.57. The van der Waals surface area contributed by atoms with Gasteiger partial charge in [0.15, 0.2) is 0 Å². The Morgan fingerprint density at radius 1 is 0.472 bits per heavy atom. The number of benzene rings is 3. The minimum atomic E-state index is -0.0711. The second-order valence-corrected chi connectivity index (χ2v) is 11.5. The summed E-state index contributed by atoms with van der Waals surface area (Å²) in [5.74, 6) is 0. The van der Waals surface area contributed by atoms with E-state index in [-0.39, 0.29) is 10.8 Å². The lowest BCUT2D eigenvalue weighted by atomic mass is 9.84. The Kier molecular flexibility index (Phi) is 5.91. The van der Waals surface area contributed by atoms with Crippen molar-refractivity contribution >= 4 is 0 Å². The molecule has 0 radical (unpaired) electrons. The zero-order chi connectivity index (χ0) is 25.5. The summed E-state index contributed by atoms with van der Waals surface area (Å²) in [6.45, 7) is 13.3. The lowest BCUT2D eigenvalue weighted by Crippen LogP contribution is -2.13. The Hall–Kier alpha value is -3.92. The minimum absolute atomic E-state index is 0.0711. The Bertz CT molecular complexity index is 1370. The molecule has 0 saturated heterocycles. The smallest absolute Gasteiger partial charge is 0.100 e. The fraction of sp³-hybridized carbons (Fsp3) is 0.250. The summed E-state index contributed by atoms with van der Waals surface area (Å²) >= 11 is 0. The van der Waals surface area contributed by atoms with Crippen LogP contribution in [-0.2, 0) is 10.8 Å². The fourth-order valence-electron chi connectivity index (χ4n) is 4.77. The number of aromatic amines is 2. The second kappa shape index (κ2) is 8.94. The largest absolute Gasteiger partial charge is 0.281 e. The molecular weight excluding hydrogens is 440 g/mol. The van der Waals surface area contributed by atoms with Crippen molar-refractivity contribution in [2.75, 3.05) is 0 Å². The Balaban J connectivity index is 1.70. The van der Waals surface area contributed by atoms with Crippen molar-refractivity contribution < 1.29 is 0 Å². The fourth-order valence-corrected chi connectivity index (χ4v) is 4.77. The van der Waals surface area contributed by atoms with Crippen molar-refractivity contribution in [3.8, 4) is 44.8 Å². The molecule has 0 aliphatic heterocycles. The molecule has 2 aromatic heterocycles. The molecule has 3 aromatic carbocycles. The monoisotopic (exact) mass is 474 g/mol. The van der Waals surface area contributed by atoms with Crippen LogP contribution in [0.2, 0.25) is 0 Å². The number of hydrogen-bond donors (Lipinski definition) is 2. The quantitative estimate of drug-likeness (QED) is 0.275. The first-order valence-corrected chi connectivity index (χ1v) is 12.5. The van der Waals surface area contributed by atoms with E-state index in [1.807, 2.05) is 0 Å². The van der Waals surface area contributed by atoms with Crippen molar-refractivity contribution in [1.29, 1.82) is 0 Å². The van der Waals surface area contributed by atoms with Crippen LogP contribution >= 0.6 is 0 Å². The van der Waals surface area contributed by atoms with Crippen LogP contribution in [0.4, 0.5) is 0 Å². The van der Waals surface area contributed by atoms with E-state index in [1.165, 1.54) is 0 Å². The van der Waals surface area contributed by atoms with E-state index in [4.69, 9.17) is 10.2 Å². The van der Waals surface area contributed by atoms with Crippen LogP contribution in [0.15, 0.2) is 84.9 Å². The summed E-state index contributed by atoms with van der Waals surface area (Å²) in [6.07, 6.45) is 0. The summed E-state index contributed by atoms with van der Waals surface area (Å²) in [5, 5.41) is 16.4. The number of H-pyrrole nitrogens is 2. The van der Waals surface area contributed by atoms with Gasteiger partial charge < -0.3 is 0 Å². The van der Waals surface area contributed by atoms with Crippen LogP contribution in [0, 0.1) is 0 Å². The summed E-state index contributed by atoms with van der Waals surface area (Å²) in [6, 6.07) is 29.6. The van der Waals surface area contributed by atoms with Gasteiger partial charge in [0.2, 0.25) is 0 Å². The van der Waals surface area contributed by atoms with Gasteiger partial charge in [-0.25, -0.2) is 0 Å². The molecule has 0 aliphatic rings. The van der Waals surface area contributed by atoms with Gasteiger partial charge in [-0.05, 0) is 17.2 Å². The molecule has 0 fully saturated rings. The van der Waals surface area contributed by atoms with Crippen LogP contribution in [-0.4, -0.2) is 20.4 Å². The van der Waals surface area contributed by atoms with Crippen LogP contribution in [0.5, 0.6) is 0 Å². The number of nitrogens with zero attached hydrogens (tertiary/aromatic N) is 2. The van der Waals surface area contributed by atoms with Gasteiger partial charge in [-0.3, -0.25) is 10.2 Å². The average molecular weight is 475 g/mol. The Morgan fingerprint density at radius 2 is 0.833 bits per heavy atom. The Labute approximate surface area is 213 Å². The number of rotatable bonds is 4. The molecule has 0 spiro atoms. The highest BCUT2D eigenvalue weighted by molar-refractivity contribution is 5.88. The first-order valence-electron chi connectivity index (χ1n) is 12.5. The van der Waals surface area contributed by atoms with Crippen molar-refractivity contribution in [2.24, 2.45) is 0 Å². The van der Waals surface area contributed by atoms with Crippen molar-refractivity contribution in [2.45, 2.75) is 52.4 Å². The number of hydrogen-bond acceptors (Lipinski definition) is 2. The van der Waals surface area contributed by atoms with E-state index in [0.29, 0.717) is 0 Å². The van der Waals surface area contributed by atoms with Gasteiger partial charge in [-0.2, -0.15) is 10.2 Å². The first kappa shape index (κ1) is 23.8. The molecule has 5 rings (SSSR count). The van der Waals surface area contributed by atoms with Crippen LogP contribution in [0.25, 0.3) is 44.8 Å². The van der Waals surface area contributed by atoms with Gasteiger partial charge in [0, 0.05) is 44.5 Å². The molecule has 0 bridgehead atoms. The summed E-state index contributed by atoms with van der Waals surface area (Å²) < 4.78 is 0. The highest BCUT2D eigenvalue weighted by atomic mass is 15.1. The van der Waals surface area contributed by atoms with Gasteiger partial charge in [0.25, 0.3) is 0 Å². The molecule has 0 aliphatic carbocycles. The van der Waals surface area contributed by atoms with Crippen molar-refractivity contribution in [3.63, 3.8) is 0 Å². The third-order valence-electron chi connectivity index (χ3n) is 6.57. The molecule has 4 heteroatoms. The van der Waals surface area contributed by atoms with Gasteiger partial charge in [-0.1, -0.05) is 120 Å². The van der Waals surface area contributed by atoms with Crippen molar-refractivity contribution in [1.82, 2.24) is 20.4 Å². The summed E-state index contributed by atoms with van der Waals surface area (Å²) in [5.41, 5.74) is 10.8. The molecule has 2 N–H and O–H groups in total.